The number of halogens is 1. The molecule has 0 bridgehead atoms. The molecule has 1 aliphatic rings. The average Bonchev–Trinajstić information content (AvgIpc) is 2.54. The van der Waals surface area contributed by atoms with Gasteiger partial charge in [0.15, 0.2) is 0 Å². The van der Waals surface area contributed by atoms with Crippen LogP contribution >= 0.6 is 0 Å². The minimum atomic E-state index is -0.942. The van der Waals surface area contributed by atoms with Gasteiger partial charge in [-0.2, -0.15) is 0 Å². The zero-order valence-corrected chi connectivity index (χ0v) is 9.99. The summed E-state index contributed by atoms with van der Waals surface area (Å²) >= 11 is 0. The molecular formula is C11H21FN2O2. The minimum absolute atomic E-state index is 0.222. The summed E-state index contributed by atoms with van der Waals surface area (Å²) in [7, 11) is 0. The van der Waals surface area contributed by atoms with Gasteiger partial charge in [-0.25, -0.2) is 4.39 Å². The molecule has 0 unspecified atom stereocenters. The van der Waals surface area contributed by atoms with E-state index in [2.05, 4.69) is 13.8 Å². The van der Waals surface area contributed by atoms with Gasteiger partial charge in [-0.15, -0.1) is 0 Å². The first-order chi connectivity index (χ1) is 7.50. The van der Waals surface area contributed by atoms with Crippen LogP contribution in [-0.4, -0.2) is 49.3 Å². The zero-order chi connectivity index (χ0) is 12.1. The molecule has 0 spiro atoms. The van der Waals surface area contributed by atoms with Gasteiger partial charge in [0.25, 0.3) is 0 Å². The van der Waals surface area contributed by atoms with Crippen molar-refractivity contribution in [3.05, 3.63) is 0 Å². The van der Waals surface area contributed by atoms with Crippen molar-refractivity contribution in [1.29, 1.82) is 0 Å². The second-order valence-electron chi connectivity index (χ2n) is 4.71. The number of alkyl halides is 1. The molecule has 4 nitrogen and oxygen atoms in total. The van der Waals surface area contributed by atoms with Crippen molar-refractivity contribution in [3.8, 4) is 0 Å². The average molecular weight is 232 g/mol. The third-order valence-corrected chi connectivity index (χ3v) is 2.65. The van der Waals surface area contributed by atoms with Crippen LogP contribution in [0.15, 0.2) is 0 Å². The summed E-state index contributed by atoms with van der Waals surface area (Å²) in [5.41, 5.74) is 5.21. The molecule has 1 amide bonds. The van der Waals surface area contributed by atoms with Crippen LogP contribution in [0.3, 0.4) is 0 Å². The van der Waals surface area contributed by atoms with Crippen molar-refractivity contribution in [1.82, 2.24) is 4.90 Å². The Labute approximate surface area is 95.9 Å². The number of nitrogens with zero attached hydrogens (tertiary/aromatic N) is 1. The van der Waals surface area contributed by atoms with E-state index < -0.39 is 18.1 Å². The molecular weight excluding hydrogens is 211 g/mol. The SMILES string of the molecule is CC(C)COCCN1C[C@H](F)C[C@H]1C(N)=O. The van der Waals surface area contributed by atoms with Gasteiger partial charge in [0, 0.05) is 26.1 Å². The lowest BCUT2D eigenvalue weighted by atomic mass is 10.2. The Morgan fingerprint density at radius 2 is 2.31 bits per heavy atom. The van der Waals surface area contributed by atoms with E-state index in [0.717, 1.165) is 0 Å². The molecule has 1 saturated heterocycles. The number of nitrogens with two attached hydrogens (primary N) is 1. The maximum absolute atomic E-state index is 13.1. The summed E-state index contributed by atoms with van der Waals surface area (Å²) in [6.45, 7) is 6.21. The second-order valence-corrected chi connectivity index (χ2v) is 4.71. The van der Waals surface area contributed by atoms with Crippen LogP contribution in [0.1, 0.15) is 20.3 Å². The highest BCUT2D eigenvalue weighted by Crippen LogP contribution is 2.19. The van der Waals surface area contributed by atoms with Crippen LogP contribution in [0.4, 0.5) is 4.39 Å². The van der Waals surface area contributed by atoms with Crippen LogP contribution < -0.4 is 5.73 Å². The molecule has 5 heteroatoms. The number of rotatable bonds is 6. The van der Waals surface area contributed by atoms with E-state index in [-0.39, 0.29) is 6.42 Å². The molecule has 94 valence electrons. The summed E-state index contributed by atoms with van der Waals surface area (Å²) in [5, 5.41) is 0. The second kappa shape index (κ2) is 6.15. The van der Waals surface area contributed by atoms with Crippen molar-refractivity contribution in [2.45, 2.75) is 32.5 Å². The fraction of sp³-hybridized carbons (Fsp3) is 0.909. The molecule has 2 N–H and O–H groups in total. The van der Waals surface area contributed by atoms with Crippen LogP contribution in [0, 0.1) is 5.92 Å². The van der Waals surface area contributed by atoms with Crippen molar-refractivity contribution in [3.63, 3.8) is 0 Å². The molecule has 1 heterocycles. The van der Waals surface area contributed by atoms with Gasteiger partial charge >= 0.3 is 0 Å². The van der Waals surface area contributed by atoms with Crippen molar-refractivity contribution < 1.29 is 13.9 Å². The zero-order valence-electron chi connectivity index (χ0n) is 9.99. The van der Waals surface area contributed by atoms with Gasteiger partial charge in [-0.3, -0.25) is 9.69 Å². The molecule has 0 aliphatic carbocycles. The van der Waals surface area contributed by atoms with Crippen LogP contribution in [0.2, 0.25) is 0 Å². The first-order valence-corrected chi connectivity index (χ1v) is 5.76. The van der Waals surface area contributed by atoms with Crippen LogP contribution in [-0.2, 0) is 9.53 Å². The molecule has 2 atom stereocenters. The lowest BCUT2D eigenvalue weighted by molar-refractivity contribution is -0.122. The Kier molecular flexibility index (Phi) is 5.15. The maximum Gasteiger partial charge on any atom is 0.234 e. The summed E-state index contributed by atoms with van der Waals surface area (Å²) in [6.07, 6.45) is -0.720. The predicted octanol–water partition coefficient (Wildman–Crippen LogP) is 0.557. The van der Waals surface area contributed by atoms with Gasteiger partial charge in [-0.05, 0) is 5.92 Å². The van der Waals surface area contributed by atoms with Crippen LogP contribution in [0.5, 0.6) is 0 Å². The van der Waals surface area contributed by atoms with E-state index in [9.17, 15) is 9.18 Å². The molecule has 0 aromatic heterocycles. The van der Waals surface area contributed by atoms with E-state index in [1.807, 2.05) is 0 Å². The highest BCUT2D eigenvalue weighted by Gasteiger charge is 2.35. The number of ether oxygens (including phenoxy) is 1. The number of amides is 1. The number of likely N-dealkylation sites (tertiary alicyclic amines) is 1. The van der Waals surface area contributed by atoms with Gasteiger partial charge in [-0.1, -0.05) is 13.8 Å². The lowest BCUT2D eigenvalue weighted by Gasteiger charge is -2.21. The first kappa shape index (κ1) is 13.4. The van der Waals surface area contributed by atoms with E-state index >= 15 is 0 Å². The quantitative estimate of drug-likeness (QED) is 0.681. The lowest BCUT2D eigenvalue weighted by Crippen LogP contribution is -2.41. The molecule has 0 radical (unpaired) electrons. The summed E-state index contributed by atoms with van der Waals surface area (Å²) in [4.78, 5) is 12.8. The molecule has 0 saturated carbocycles. The van der Waals surface area contributed by atoms with E-state index in [1.54, 1.807) is 4.90 Å². The molecule has 0 aromatic rings. The normalized spacial score (nSPS) is 26.5. The van der Waals surface area contributed by atoms with E-state index in [4.69, 9.17) is 10.5 Å². The number of primary amides is 1. The fourth-order valence-electron chi connectivity index (χ4n) is 1.89. The number of carbonyl (C=O) groups excluding carboxylic acids is 1. The first-order valence-electron chi connectivity index (χ1n) is 5.76. The highest BCUT2D eigenvalue weighted by atomic mass is 19.1. The Balaban J connectivity index is 2.27. The van der Waals surface area contributed by atoms with Gasteiger partial charge in [0.05, 0.1) is 12.6 Å². The third-order valence-electron chi connectivity index (χ3n) is 2.65. The Bertz CT molecular complexity index is 236. The van der Waals surface area contributed by atoms with Gasteiger partial charge in [0.2, 0.25) is 5.91 Å². The number of hydrogen-bond donors (Lipinski definition) is 1. The summed E-state index contributed by atoms with van der Waals surface area (Å²) in [6, 6.07) is -0.461. The topological polar surface area (TPSA) is 55.6 Å². The van der Waals surface area contributed by atoms with Crippen molar-refractivity contribution in [2.75, 3.05) is 26.3 Å². The monoisotopic (exact) mass is 232 g/mol. The summed E-state index contributed by atoms with van der Waals surface area (Å²) < 4.78 is 18.5. The molecule has 1 rings (SSSR count). The smallest absolute Gasteiger partial charge is 0.234 e. The molecule has 1 fully saturated rings. The van der Waals surface area contributed by atoms with Crippen LogP contribution in [0.25, 0.3) is 0 Å². The Morgan fingerprint density at radius 1 is 1.62 bits per heavy atom. The maximum atomic E-state index is 13.1. The van der Waals surface area contributed by atoms with Gasteiger partial charge < -0.3 is 10.5 Å². The van der Waals surface area contributed by atoms with Gasteiger partial charge in [0.1, 0.15) is 6.17 Å². The number of hydrogen-bond acceptors (Lipinski definition) is 3. The molecule has 16 heavy (non-hydrogen) atoms. The Morgan fingerprint density at radius 3 is 2.88 bits per heavy atom. The number of carbonyl (C=O) groups is 1. The van der Waals surface area contributed by atoms with E-state index in [1.165, 1.54) is 0 Å². The standard InChI is InChI=1S/C11H21FN2O2/c1-8(2)7-16-4-3-14-6-9(12)5-10(14)11(13)15/h8-10H,3-7H2,1-2H3,(H2,13,15)/t9-,10+/m1/s1. The third kappa shape index (κ3) is 4.06. The molecule has 1 aliphatic heterocycles. The Hall–Kier alpha value is -0.680. The minimum Gasteiger partial charge on any atom is -0.380 e. The predicted molar refractivity (Wildman–Crippen MR) is 59.7 cm³/mol. The largest absolute Gasteiger partial charge is 0.380 e. The highest BCUT2D eigenvalue weighted by molar-refractivity contribution is 5.80. The van der Waals surface area contributed by atoms with Crippen molar-refractivity contribution in [2.24, 2.45) is 11.7 Å². The fourth-order valence-corrected chi connectivity index (χ4v) is 1.89. The molecule has 0 aromatic carbocycles. The summed E-state index contributed by atoms with van der Waals surface area (Å²) in [5.74, 6) is 0.0449. The van der Waals surface area contributed by atoms with Crippen molar-refractivity contribution >= 4 is 5.91 Å². The van der Waals surface area contributed by atoms with E-state index in [0.29, 0.717) is 32.2 Å².